The molecule has 0 heterocycles. The first kappa shape index (κ1) is 180. The van der Waals surface area contributed by atoms with Crippen molar-refractivity contribution in [3.8, 4) is 0 Å². The quantitative estimate of drug-likeness (QED) is 0.190. The third-order valence-corrected chi connectivity index (χ3v) is 0. The van der Waals surface area contributed by atoms with Gasteiger partial charge in [0.05, 0.1) is 0 Å². The Hall–Kier alpha value is 0.860. The molecule has 0 aliphatic rings. The van der Waals surface area contributed by atoms with E-state index in [1.807, 2.05) is 0 Å². The van der Waals surface area contributed by atoms with Crippen LogP contribution in [0.2, 0.25) is 0 Å². The fourth-order valence-electron chi connectivity index (χ4n) is 0. The van der Waals surface area contributed by atoms with Gasteiger partial charge in [-0.15, -0.1) is 0 Å². The number of hydrogen-bond acceptors (Lipinski definition) is 2. The zero-order valence-corrected chi connectivity index (χ0v) is 8.83. The van der Waals surface area contributed by atoms with Gasteiger partial charge in [-0.3, -0.25) is 4.55 Å². The van der Waals surface area contributed by atoms with Crippen LogP contribution in [0.1, 0.15) is 0 Å². The normalized spacial score (nSPS) is 3.62. The minimum atomic E-state index is -3.97. The molecular weight excluding hydrogens is 295 g/mol. The molecule has 114 valence electrons. The zero-order valence-electron chi connectivity index (χ0n) is 7.12. The average Bonchev–Trinajstić information content (AvgIpc) is 0.722. The summed E-state index contributed by atoms with van der Waals surface area (Å²) in [6.07, 6.45) is 0. The molecule has 0 aromatic rings. The average molecular weight is 318 g/mol. The van der Waals surface area contributed by atoms with E-state index in [9.17, 15) is 0 Å². The van der Waals surface area contributed by atoms with Gasteiger partial charge in [0.15, 0.2) is 0 Å². The summed E-state index contributed by atoms with van der Waals surface area (Å²) in [6, 6.07) is 0. The SMILES string of the molecule is O.O.O.O.O.O.O.O.O.O.O=S(=O)(O)S.[NaH]. The Morgan fingerprint density at radius 2 is 0.625 bits per heavy atom. The molecule has 0 fully saturated rings. The van der Waals surface area contributed by atoms with Gasteiger partial charge in [-0.25, -0.2) is 0 Å². The molecule has 16 heavy (non-hydrogen) atoms. The van der Waals surface area contributed by atoms with E-state index in [-0.39, 0.29) is 84.3 Å². The molecule has 13 nitrogen and oxygen atoms in total. The first-order valence-electron chi connectivity index (χ1n) is 0.698. The van der Waals surface area contributed by atoms with Crippen LogP contribution in [-0.2, 0) is 9.15 Å². The van der Waals surface area contributed by atoms with Gasteiger partial charge >= 0.3 is 38.7 Å². The van der Waals surface area contributed by atoms with Crippen molar-refractivity contribution in [1.82, 2.24) is 0 Å². The van der Waals surface area contributed by atoms with Crippen molar-refractivity contribution in [1.29, 1.82) is 0 Å². The van der Waals surface area contributed by atoms with Gasteiger partial charge in [0.1, 0.15) is 0 Å². The van der Waals surface area contributed by atoms with Gasteiger partial charge in [0, 0.05) is 0 Å². The van der Waals surface area contributed by atoms with E-state index < -0.39 is 9.15 Å². The Labute approximate surface area is 118 Å². The van der Waals surface area contributed by atoms with E-state index in [4.69, 9.17) is 13.0 Å². The molecule has 0 amide bonds. The van der Waals surface area contributed by atoms with Crippen LogP contribution in [0.5, 0.6) is 0 Å². The van der Waals surface area contributed by atoms with Gasteiger partial charge in [-0.05, 0) is 11.7 Å². The standard InChI is InChI=1S/Na.H2O3S2.10H2O.H/c;1-5(2,3)4;;;;;;;;;;;/h;(H2,1,2,3,4);10*1H2;. The van der Waals surface area contributed by atoms with Crippen LogP contribution in [0.3, 0.4) is 0 Å². The molecule has 0 bridgehead atoms. The summed E-state index contributed by atoms with van der Waals surface area (Å²) in [5.41, 5.74) is 0. The zero-order chi connectivity index (χ0) is 4.50. The third kappa shape index (κ3) is 3860. The molecule has 16 heteroatoms. The third-order valence-electron chi connectivity index (χ3n) is 0. The van der Waals surface area contributed by atoms with Gasteiger partial charge in [0.2, 0.25) is 0 Å². The molecule has 0 aromatic heterocycles. The summed E-state index contributed by atoms with van der Waals surface area (Å²) in [6.45, 7) is 0. The molecule has 0 saturated heterocycles. The van der Waals surface area contributed by atoms with Crippen LogP contribution in [0.25, 0.3) is 0 Å². The van der Waals surface area contributed by atoms with Crippen molar-refractivity contribution in [2.24, 2.45) is 0 Å². The summed E-state index contributed by atoms with van der Waals surface area (Å²) in [7, 11) is -3.97. The number of thiol groups is 1. The minimum absolute atomic E-state index is 0. The van der Waals surface area contributed by atoms with E-state index >= 15 is 0 Å². The molecular formula is H23NaO13S2. The molecule has 0 aliphatic carbocycles. The summed E-state index contributed by atoms with van der Waals surface area (Å²) in [4.78, 5) is 0. The maximum absolute atomic E-state index is 9.05. The van der Waals surface area contributed by atoms with Crippen molar-refractivity contribution in [2.45, 2.75) is 0 Å². The van der Waals surface area contributed by atoms with Crippen LogP contribution in [-0.4, -0.2) is 97.3 Å². The van der Waals surface area contributed by atoms with E-state index in [0.29, 0.717) is 0 Å². The number of rotatable bonds is 0. The molecule has 0 spiro atoms. The van der Waals surface area contributed by atoms with Crippen LogP contribution in [0.4, 0.5) is 0 Å². The molecule has 0 saturated carbocycles. The van der Waals surface area contributed by atoms with Crippen LogP contribution < -0.4 is 0 Å². The molecule has 0 aliphatic heterocycles. The van der Waals surface area contributed by atoms with Gasteiger partial charge < -0.3 is 54.8 Å². The van der Waals surface area contributed by atoms with Crippen molar-refractivity contribution < 1.29 is 67.7 Å². The second kappa shape index (κ2) is 74.4. The Balaban J connectivity index is -0.00000000145. The molecule has 0 atom stereocenters. The Bertz CT molecular complexity index is 97.1. The predicted octanol–water partition coefficient (Wildman–Crippen LogP) is -9.18. The molecule has 0 radical (unpaired) electrons. The van der Waals surface area contributed by atoms with Crippen molar-refractivity contribution in [3.05, 3.63) is 0 Å². The van der Waals surface area contributed by atoms with Crippen LogP contribution in [0.15, 0.2) is 0 Å². The molecule has 0 aromatic carbocycles. The van der Waals surface area contributed by atoms with Gasteiger partial charge in [0.25, 0.3) is 0 Å². The first-order valence-corrected chi connectivity index (χ1v) is 3.19. The van der Waals surface area contributed by atoms with Crippen LogP contribution in [0, 0.1) is 0 Å². The predicted molar refractivity (Wildman–Crippen MR) is 63.8 cm³/mol. The summed E-state index contributed by atoms with van der Waals surface area (Å²) < 4.78 is 25.5. The summed E-state index contributed by atoms with van der Waals surface area (Å²) >= 11 is 2.65. The van der Waals surface area contributed by atoms with E-state index in [2.05, 4.69) is 11.7 Å². The van der Waals surface area contributed by atoms with Crippen molar-refractivity contribution >= 4 is 50.4 Å². The van der Waals surface area contributed by atoms with Gasteiger partial charge in [-0.2, -0.15) is 8.42 Å². The monoisotopic (exact) mass is 318 g/mol. The Kier molecular flexibility index (Phi) is 835. The maximum atomic E-state index is 9.05. The molecule has 21 N–H and O–H groups in total. The van der Waals surface area contributed by atoms with Crippen LogP contribution >= 0.6 is 11.7 Å². The van der Waals surface area contributed by atoms with Crippen molar-refractivity contribution in [3.63, 3.8) is 0 Å². The first-order chi connectivity index (χ1) is 2.00. The fraction of sp³-hybridized carbons (Fsp3) is 0. The number of hydrogen-bond donors (Lipinski definition) is 2. The van der Waals surface area contributed by atoms with Crippen molar-refractivity contribution in [2.75, 3.05) is 0 Å². The fourth-order valence-corrected chi connectivity index (χ4v) is 0. The summed E-state index contributed by atoms with van der Waals surface area (Å²) in [5.74, 6) is 0. The molecule has 0 rings (SSSR count). The second-order valence-corrected chi connectivity index (χ2v) is 2.73. The van der Waals surface area contributed by atoms with E-state index in [0.717, 1.165) is 0 Å². The second-order valence-electron chi connectivity index (χ2n) is 0.448. The van der Waals surface area contributed by atoms with E-state index in [1.165, 1.54) is 0 Å². The Morgan fingerprint density at radius 1 is 0.625 bits per heavy atom. The van der Waals surface area contributed by atoms with E-state index in [1.54, 1.807) is 0 Å². The summed E-state index contributed by atoms with van der Waals surface area (Å²) in [5, 5.41) is 0. The Morgan fingerprint density at radius 3 is 0.625 bits per heavy atom. The molecule has 0 unspecified atom stereocenters. The topological polar surface area (TPSA) is 369 Å². The van der Waals surface area contributed by atoms with Gasteiger partial charge in [-0.1, -0.05) is 0 Å².